The number of nitrogens with zero attached hydrogens (tertiary/aromatic N) is 3. The van der Waals surface area contributed by atoms with Crippen LogP contribution in [0.5, 0.6) is 0 Å². The van der Waals surface area contributed by atoms with Gasteiger partial charge in [0.25, 0.3) is 0 Å². The van der Waals surface area contributed by atoms with Gasteiger partial charge in [-0.25, -0.2) is 9.18 Å². The molecule has 1 unspecified atom stereocenters. The lowest BCUT2D eigenvalue weighted by Crippen LogP contribution is -2.33. The molecule has 2 amide bonds. The van der Waals surface area contributed by atoms with Crippen molar-refractivity contribution in [1.29, 1.82) is 5.26 Å². The Kier molecular flexibility index (Phi) is 4.45. The van der Waals surface area contributed by atoms with E-state index in [1.807, 2.05) is 0 Å². The maximum atomic E-state index is 14.5. The molecule has 2 aromatic rings. The van der Waals surface area contributed by atoms with E-state index in [1.54, 1.807) is 6.07 Å². The average Bonchev–Trinajstić information content (AvgIpc) is 3.15. The number of hydrogen-bond donors (Lipinski definition) is 2. The molecular formula is C16H14FN5O4. The summed E-state index contributed by atoms with van der Waals surface area (Å²) < 4.78 is 24.7. The maximum absolute atomic E-state index is 14.5. The van der Waals surface area contributed by atoms with Gasteiger partial charge in [-0.2, -0.15) is 10.2 Å². The van der Waals surface area contributed by atoms with E-state index in [2.05, 4.69) is 10.3 Å². The highest BCUT2D eigenvalue weighted by Crippen LogP contribution is 2.30. The van der Waals surface area contributed by atoms with E-state index in [4.69, 9.17) is 20.1 Å². The number of halogens is 1. The largest absolute Gasteiger partial charge is 0.442 e. The average molecular weight is 359 g/mol. The third-order valence-corrected chi connectivity index (χ3v) is 3.71. The first kappa shape index (κ1) is 17.2. The van der Waals surface area contributed by atoms with Gasteiger partial charge in [0.15, 0.2) is 0 Å². The van der Waals surface area contributed by atoms with Gasteiger partial charge in [-0.3, -0.25) is 9.69 Å². The molecule has 1 aromatic heterocycles. The van der Waals surface area contributed by atoms with Crippen molar-refractivity contribution in [2.75, 3.05) is 23.7 Å². The topological polar surface area (TPSA) is 134 Å². The zero-order valence-corrected chi connectivity index (χ0v) is 13.7. The molecule has 9 nitrogen and oxygen atoms in total. The molecule has 3 N–H and O–H groups in total. The molecule has 3 rings (SSSR count). The summed E-state index contributed by atoms with van der Waals surface area (Å²) in [5, 5.41) is 11.4. The van der Waals surface area contributed by atoms with Crippen LogP contribution in [0.15, 0.2) is 22.6 Å². The number of nitrogens with one attached hydrogen (secondary N) is 1. The fourth-order valence-electron chi connectivity index (χ4n) is 2.47. The maximum Gasteiger partial charge on any atom is 0.414 e. The number of anilines is 2. The fraction of sp³-hybridized carbons (Fsp3) is 0.250. The SMILES string of the molecule is CC(=O)NCC1CN(c2ccc(-c3nc(C#N)c(N)o3)c(F)c2)C(=O)O1. The molecule has 10 heteroatoms. The normalized spacial score (nSPS) is 16.3. The third kappa shape index (κ3) is 3.27. The molecule has 2 heterocycles. The minimum absolute atomic E-state index is 0.00399. The number of cyclic esters (lactones) is 1. The van der Waals surface area contributed by atoms with Crippen molar-refractivity contribution in [2.45, 2.75) is 13.0 Å². The van der Waals surface area contributed by atoms with Gasteiger partial charge in [0.05, 0.1) is 24.3 Å². The quantitative estimate of drug-likeness (QED) is 0.842. The molecule has 1 saturated heterocycles. The van der Waals surface area contributed by atoms with Gasteiger partial charge in [-0.1, -0.05) is 0 Å². The zero-order valence-electron chi connectivity index (χ0n) is 13.7. The number of aromatic nitrogens is 1. The molecule has 1 fully saturated rings. The van der Waals surface area contributed by atoms with E-state index < -0.39 is 18.0 Å². The Morgan fingerprint density at radius 2 is 2.35 bits per heavy atom. The van der Waals surface area contributed by atoms with Crippen LogP contribution in [0.4, 0.5) is 20.8 Å². The highest BCUT2D eigenvalue weighted by Gasteiger charge is 2.33. The summed E-state index contributed by atoms with van der Waals surface area (Å²) in [4.78, 5) is 28.0. The summed E-state index contributed by atoms with van der Waals surface area (Å²) in [5.74, 6) is -1.27. The van der Waals surface area contributed by atoms with Crippen molar-refractivity contribution in [3.05, 3.63) is 29.7 Å². The van der Waals surface area contributed by atoms with Crippen LogP contribution in [0.3, 0.4) is 0 Å². The smallest absolute Gasteiger partial charge is 0.414 e. The first-order valence-electron chi connectivity index (χ1n) is 7.58. The summed E-state index contributed by atoms with van der Waals surface area (Å²) in [5.41, 5.74) is 5.63. The van der Waals surface area contributed by atoms with Crippen LogP contribution in [0, 0.1) is 17.1 Å². The molecular weight excluding hydrogens is 345 g/mol. The number of carbonyl (C=O) groups excluding carboxylic acids is 2. The van der Waals surface area contributed by atoms with E-state index in [1.165, 1.54) is 24.0 Å². The van der Waals surface area contributed by atoms with Crippen molar-refractivity contribution < 1.29 is 23.1 Å². The second kappa shape index (κ2) is 6.72. The van der Waals surface area contributed by atoms with Gasteiger partial charge >= 0.3 is 6.09 Å². The van der Waals surface area contributed by atoms with Gasteiger partial charge in [-0.15, -0.1) is 0 Å². The zero-order chi connectivity index (χ0) is 18.8. The van der Waals surface area contributed by atoms with Crippen LogP contribution in [0.2, 0.25) is 0 Å². The number of hydrogen-bond acceptors (Lipinski definition) is 7. The number of ether oxygens (including phenoxy) is 1. The Bertz CT molecular complexity index is 920. The summed E-state index contributed by atoms with van der Waals surface area (Å²) in [6.45, 7) is 1.70. The van der Waals surface area contributed by atoms with E-state index in [0.717, 1.165) is 6.07 Å². The predicted octanol–water partition coefficient (Wildman–Crippen LogP) is 1.40. The molecule has 1 aliphatic rings. The number of oxazole rings is 1. The molecule has 134 valence electrons. The van der Waals surface area contributed by atoms with Crippen molar-refractivity contribution >= 4 is 23.6 Å². The fourth-order valence-corrected chi connectivity index (χ4v) is 2.47. The summed E-state index contributed by atoms with van der Waals surface area (Å²) in [6, 6.07) is 5.73. The van der Waals surface area contributed by atoms with E-state index in [9.17, 15) is 14.0 Å². The highest BCUT2D eigenvalue weighted by molar-refractivity contribution is 5.90. The van der Waals surface area contributed by atoms with Gasteiger partial charge in [0.1, 0.15) is 18.0 Å². The number of amides is 2. The van der Waals surface area contributed by atoms with Gasteiger partial charge < -0.3 is 20.2 Å². The number of nitriles is 1. The Morgan fingerprint density at radius 3 is 2.96 bits per heavy atom. The molecule has 0 spiro atoms. The van der Waals surface area contributed by atoms with Crippen LogP contribution in [-0.4, -0.2) is 36.2 Å². The molecule has 0 bridgehead atoms. The highest BCUT2D eigenvalue weighted by atomic mass is 19.1. The second-order valence-corrected chi connectivity index (χ2v) is 5.56. The number of nitrogens with two attached hydrogens (primary N) is 1. The lowest BCUT2D eigenvalue weighted by atomic mass is 10.1. The van der Waals surface area contributed by atoms with Crippen molar-refractivity contribution in [3.8, 4) is 17.5 Å². The van der Waals surface area contributed by atoms with Crippen LogP contribution in [0.25, 0.3) is 11.5 Å². The number of carbonyl (C=O) groups is 2. The minimum atomic E-state index is -0.702. The minimum Gasteiger partial charge on any atom is -0.442 e. The predicted molar refractivity (Wildman–Crippen MR) is 87.3 cm³/mol. The Morgan fingerprint density at radius 1 is 1.58 bits per heavy atom. The molecule has 1 aromatic carbocycles. The molecule has 1 aliphatic heterocycles. The van der Waals surface area contributed by atoms with Gasteiger partial charge in [-0.05, 0) is 18.2 Å². The van der Waals surface area contributed by atoms with Crippen LogP contribution < -0.4 is 16.0 Å². The lowest BCUT2D eigenvalue weighted by molar-refractivity contribution is -0.119. The van der Waals surface area contributed by atoms with Gasteiger partial charge in [0, 0.05) is 6.92 Å². The molecule has 0 aliphatic carbocycles. The molecule has 0 saturated carbocycles. The van der Waals surface area contributed by atoms with E-state index in [-0.39, 0.29) is 47.7 Å². The number of rotatable bonds is 4. The van der Waals surface area contributed by atoms with Crippen molar-refractivity contribution in [3.63, 3.8) is 0 Å². The lowest BCUT2D eigenvalue weighted by Gasteiger charge is -2.13. The first-order chi connectivity index (χ1) is 12.4. The first-order valence-corrected chi connectivity index (χ1v) is 7.58. The third-order valence-electron chi connectivity index (χ3n) is 3.71. The molecule has 26 heavy (non-hydrogen) atoms. The van der Waals surface area contributed by atoms with Gasteiger partial charge in [0.2, 0.25) is 23.4 Å². The van der Waals surface area contributed by atoms with Crippen LogP contribution >= 0.6 is 0 Å². The summed E-state index contributed by atoms with van der Waals surface area (Å²) in [7, 11) is 0. The molecule has 0 radical (unpaired) electrons. The summed E-state index contributed by atoms with van der Waals surface area (Å²) >= 11 is 0. The molecule has 1 atom stereocenters. The van der Waals surface area contributed by atoms with Crippen LogP contribution in [0.1, 0.15) is 12.6 Å². The monoisotopic (exact) mass is 359 g/mol. The van der Waals surface area contributed by atoms with E-state index >= 15 is 0 Å². The Labute approximate surface area is 147 Å². The second-order valence-electron chi connectivity index (χ2n) is 5.56. The standard InChI is InChI=1S/C16H14FN5O4/c1-8(23)20-6-10-7-22(16(24)25-10)9-2-3-11(12(17)4-9)15-21-13(5-18)14(19)26-15/h2-4,10H,6-7,19H2,1H3,(H,20,23). The number of benzene rings is 1. The van der Waals surface area contributed by atoms with E-state index in [0.29, 0.717) is 0 Å². The summed E-state index contributed by atoms with van der Waals surface area (Å²) in [6.07, 6.45) is -1.17. The number of nitrogen functional groups attached to an aromatic ring is 1. The Balaban J connectivity index is 1.80. The van der Waals surface area contributed by atoms with Crippen molar-refractivity contribution in [1.82, 2.24) is 10.3 Å². The van der Waals surface area contributed by atoms with Crippen molar-refractivity contribution in [2.24, 2.45) is 0 Å². The van der Waals surface area contributed by atoms with Crippen LogP contribution in [-0.2, 0) is 9.53 Å². The Hall–Kier alpha value is -3.61.